The highest BCUT2D eigenvalue weighted by atomic mass is 32.1. The van der Waals surface area contributed by atoms with Gasteiger partial charge in [0.15, 0.2) is 17.2 Å². The van der Waals surface area contributed by atoms with E-state index in [9.17, 15) is 4.79 Å². The van der Waals surface area contributed by atoms with Crippen molar-refractivity contribution < 1.29 is 9.53 Å². The van der Waals surface area contributed by atoms with Crippen molar-refractivity contribution in [2.24, 2.45) is 0 Å². The maximum Gasteiger partial charge on any atom is 0.258 e. The van der Waals surface area contributed by atoms with Crippen molar-refractivity contribution in [2.75, 3.05) is 6.61 Å². The first-order chi connectivity index (χ1) is 10.5. The fourth-order valence-electron chi connectivity index (χ4n) is 2.01. The molecule has 0 aliphatic heterocycles. The molecule has 2 rings (SSSR count). The molecule has 2 N–H and O–H groups in total. The fourth-order valence-corrected chi connectivity index (χ4v) is 2.37. The summed E-state index contributed by atoms with van der Waals surface area (Å²) in [7, 11) is 0. The van der Waals surface area contributed by atoms with Crippen LogP contribution < -0.4 is 10.1 Å². The van der Waals surface area contributed by atoms with Crippen LogP contribution in [0.3, 0.4) is 0 Å². The van der Waals surface area contributed by atoms with Crippen LogP contribution in [0, 0.1) is 11.7 Å². The molecule has 22 heavy (non-hydrogen) atoms. The van der Waals surface area contributed by atoms with Gasteiger partial charge in [0, 0.05) is 6.04 Å². The number of ether oxygens (including phenoxy) is 1. The Morgan fingerprint density at radius 3 is 2.73 bits per heavy atom. The normalized spacial score (nSPS) is 10.7. The molecular weight excluding hydrogens is 300 g/mol. The van der Waals surface area contributed by atoms with Gasteiger partial charge < -0.3 is 14.6 Å². The largest absolute Gasteiger partial charge is 0.484 e. The number of aryl methyl sites for hydroxylation is 1. The van der Waals surface area contributed by atoms with Gasteiger partial charge in [-0.2, -0.15) is 5.10 Å². The van der Waals surface area contributed by atoms with Crippen LogP contribution in [0.1, 0.15) is 31.3 Å². The number of nitrogens with one attached hydrogen (secondary N) is 2. The number of amides is 1. The molecule has 1 amide bonds. The number of benzene rings is 1. The Balaban J connectivity index is 1.85. The molecular formula is C15H20N4O2S. The lowest BCUT2D eigenvalue weighted by Gasteiger charge is -2.11. The number of rotatable bonds is 6. The second-order valence-electron chi connectivity index (χ2n) is 5.29. The molecule has 0 radical (unpaired) electrons. The number of hydrogen-bond acceptors (Lipinski definition) is 4. The third kappa shape index (κ3) is 4.17. The van der Waals surface area contributed by atoms with Gasteiger partial charge in [-0.1, -0.05) is 17.7 Å². The topological polar surface area (TPSA) is 71.9 Å². The first kappa shape index (κ1) is 16.2. The first-order valence-electron chi connectivity index (χ1n) is 7.09. The molecule has 0 aliphatic rings. The minimum atomic E-state index is -0.204. The van der Waals surface area contributed by atoms with E-state index in [1.165, 1.54) is 0 Å². The molecule has 0 aliphatic carbocycles. The molecule has 0 unspecified atom stereocenters. The third-order valence-electron chi connectivity index (χ3n) is 3.13. The third-order valence-corrected chi connectivity index (χ3v) is 3.42. The highest BCUT2D eigenvalue weighted by Gasteiger charge is 2.10. The number of aromatic nitrogens is 3. The number of nitrogens with zero attached hydrogens (tertiary/aromatic N) is 2. The molecule has 0 saturated heterocycles. The number of aromatic amines is 1. The maximum absolute atomic E-state index is 11.8. The van der Waals surface area contributed by atoms with Crippen LogP contribution in [0.2, 0.25) is 0 Å². The Hall–Kier alpha value is -2.15. The lowest BCUT2D eigenvalue weighted by atomic mass is 10.2. The Bertz CT molecular complexity index is 688. The summed E-state index contributed by atoms with van der Waals surface area (Å²) in [5, 5.41) is 9.64. The van der Waals surface area contributed by atoms with Crippen molar-refractivity contribution in [1.29, 1.82) is 0 Å². The number of carbonyl (C=O) groups excluding carboxylic acids is 1. The van der Waals surface area contributed by atoms with Crippen LogP contribution in [0.15, 0.2) is 24.3 Å². The second-order valence-corrected chi connectivity index (χ2v) is 5.67. The van der Waals surface area contributed by atoms with Crippen LogP contribution in [-0.4, -0.2) is 27.3 Å². The van der Waals surface area contributed by atoms with E-state index < -0.39 is 0 Å². The van der Waals surface area contributed by atoms with Gasteiger partial charge >= 0.3 is 0 Å². The minimum Gasteiger partial charge on any atom is -0.484 e. The van der Waals surface area contributed by atoms with Gasteiger partial charge in [-0.05, 0) is 45.1 Å². The first-order valence-corrected chi connectivity index (χ1v) is 7.50. The summed E-state index contributed by atoms with van der Waals surface area (Å²) >= 11 is 5.16. The minimum absolute atomic E-state index is 0.0319. The summed E-state index contributed by atoms with van der Waals surface area (Å²) in [6.45, 7) is 6.29. The maximum atomic E-state index is 11.8. The van der Waals surface area contributed by atoms with E-state index in [0.29, 0.717) is 22.9 Å². The zero-order valence-corrected chi connectivity index (χ0v) is 13.7. The monoisotopic (exact) mass is 320 g/mol. The van der Waals surface area contributed by atoms with Crippen molar-refractivity contribution in [3.8, 4) is 5.75 Å². The van der Waals surface area contributed by atoms with Gasteiger partial charge in [-0.15, -0.1) is 0 Å². The predicted octanol–water partition coefficient (Wildman–Crippen LogP) is 2.53. The quantitative estimate of drug-likeness (QED) is 0.802. The Morgan fingerprint density at radius 1 is 1.41 bits per heavy atom. The average molecular weight is 320 g/mol. The Labute approximate surface area is 134 Å². The summed E-state index contributed by atoms with van der Waals surface area (Å²) in [5.74, 6) is 1.17. The lowest BCUT2D eigenvalue weighted by molar-refractivity contribution is -0.123. The molecule has 1 aromatic heterocycles. The molecule has 1 heterocycles. The van der Waals surface area contributed by atoms with Crippen LogP contribution in [0.5, 0.6) is 5.75 Å². The summed E-state index contributed by atoms with van der Waals surface area (Å²) in [6.07, 6.45) is 0. The van der Waals surface area contributed by atoms with Gasteiger partial charge in [-0.25, -0.2) is 0 Å². The fraction of sp³-hybridized carbons (Fsp3) is 0.400. The second kappa shape index (κ2) is 7.22. The van der Waals surface area contributed by atoms with Gasteiger partial charge in [0.1, 0.15) is 5.75 Å². The Kier molecular flexibility index (Phi) is 5.32. The van der Waals surface area contributed by atoms with E-state index >= 15 is 0 Å². The van der Waals surface area contributed by atoms with E-state index in [-0.39, 0.29) is 18.6 Å². The summed E-state index contributed by atoms with van der Waals surface area (Å²) in [6, 6.07) is 7.74. The average Bonchev–Trinajstić information content (AvgIpc) is 2.85. The van der Waals surface area contributed by atoms with E-state index in [0.717, 1.165) is 5.56 Å². The predicted molar refractivity (Wildman–Crippen MR) is 86.3 cm³/mol. The molecule has 118 valence electrons. The molecule has 2 aromatic rings. The van der Waals surface area contributed by atoms with E-state index in [1.54, 1.807) is 0 Å². The highest BCUT2D eigenvalue weighted by Crippen LogP contribution is 2.11. The van der Waals surface area contributed by atoms with Crippen molar-refractivity contribution >= 4 is 18.1 Å². The van der Waals surface area contributed by atoms with Gasteiger partial charge in [0.2, 0.25) is 0 Å². The smallest absolute Gasteiger partial charge is 0.258 e. The molecule has 0 bridgehead atoms. The molecule has 6 nitrogen and oxygen atoms in total. The van der Waals surface area contributed by atoms with Crippen LogP contribution in [0.25, 0.3) is 0 Å². The summed E-state index contributed by atoms with van der Waals surface area (Å²) < 4.78 is 7.85. The zero-order chi connectivity index (χ0) is 16.1. The van der Waals surface area contributed by atoms with Crippen molar-refractivity contribution in [3.05, 3.63) is 40.4 Å². The van der Waals surface area contributed by atoms with E-state index in [4.69, 9.17) is 17.0 Å². The molecule has 0 saturated carbocycles. The summed E-state index contributed by atoms with van der Waals surface area (Å²) in [4.78, 5) is 11.8. The molecule has 1 aromatic carbocycles. The van der Waals surface area contributed by atoms with Gasteiger partial charge in [0.25, 0.3) is 5.91 Å². The van der Waals surface area contributed by atoms with Crippen LogP contribution in [-0.2, 0) is 11.3 Å². The number of H-pyrrole nitrogens is 1. The van der Waals surface area contributed by atoms with E-state index in [2.05, 4.69) is 15.5 Å². The molecule has 0 spiro atoms. The standard InChI is InChI=1S/C15H20N4O2S/c1-10(2)19-13(17-18-15(19)22)8-16-14(20)9-21-12-6-4-11(3)5-7-12/h4-7,10H,8-9H2,1-3H3,(H,16,20)(H,18,22). The number of hydrogen-bond donors (Lipinski definition) is 2. The summed E-state index contributed by atoms with van der Waals surface area (Å²) in [5.41, 5.74) is 1.15. The van der Waals surface area contributed by atoms with E-state index in [1.807, 2.05) is 49.6 Å². The Morgan fingerprint density at radius 2 is 2.09 bits per heavy atom. The van der Waals surface area contributed by atoms with Crippen molar-refractivity contribution in [2.45, 2.75) is 33.4 Å². The molecule has 0 fully saturated rings. The lowest BCUT2D eigenvalue weighted by Crippen LogP contribution is -2.29. The van der Waals surface area contributed by atoms with Crippen LogP contribution in [0.4, 0.5) is 0 Å². The zero-order valence-electron chi connectivity index (χ0n) is 12.9. The van der Waals surface area contributed by atoms with Crippen LogP contribution >= 0.6 is 12.2 Å². The number of carbonyl (C=O) groups is 1. The SMILES string of the molecule is Cc1ccc(OCC(=O)NCc2n[nH]c(=S)n2C(C)C)cc1. The molecule has 7 heteroatoms. The molecule has 0 atom stereocenters. The highest BCUT2D eigenvalue weighted by molar-refractivity contribution is 7.71. The van der Waals surface area contributed by atoms with Crippen molar-refractivity contribution in [3.63, 3.8) is 0 Å². The van der Waals surface area contributed by atoms with Crippen molar-refractivity contribution in [1.82, 2.24) is 20.1 Å². The van der Waals surface area contributed by atoms with Gasteiger partial charge in [-0.3, -0.25) is 9.89 Å². The van der Waals surface area contributed by atoms with Gasteiger partial charge in [0.05, 0.1) is 6.54 Å².